The van der Waals surface area contributed by atoms with Crippen LogP contribution in [0.1, 0.15) is 68.7 Å². The van der Waals surface area contributed by atoms with E-state index in [2.05, 4.69) is 77.8 Å². The van der Waals surface area contributed by atoms with E-state index in [9.17, 15) is 0 Å². The quantitative estimate of drug-likeness (QED) is 0.338. The number of hydrogen-bond donors (Lipinski definition) is 1. The lowest BCUT2D eigenvalue weighted by atomic mass is 9.83. The summed E-state index contributed by atoms with van der Waals surface area (Å²) < 4.78 is 0. The van der Waals surface area contributed by atoms with Crippen molar-refractivity contribution in [1.82, 2.24) is 4.98 Å². The van der Waals surface area contributed by atoms with Gasteiger partial charge in [-0.05, 0) is 81.0 Å². The lowest BCUT2D eigenvalue weighted by Gasteiger charge is -2.22. The highest BCUT2D eigenvalue weighted by atomic mass is 15.3. The molecule has 0 amide bonds. The van der Waals surface area contributed by atoms with Crippen molar-refractivity contribution in [3.05, 3.63) is 65.4 Å². The summed E-state index contributed by atoms with van der Waals surface area (Å²) >= 11 is 0. The minimum absolute atomic E-state index is 0.681. The molecule has 4 nitrogen and oxygen atoms in total. The minimum atomic E-state index is 0.681. The Kier molecular flexibility index (Phi) is 6.86. The zero-order valence-electron chi connectivity index (χ0n) is 19.1. The van der Waals surface area contributed by atoms with E-state index < -0.39 is 0 Å². The number of rotatable bonds is 7. The van der Waals surface area contributed by atoms with Crippen molar-refractivity contribution >= 4 is 28.5 Å². The van der Waals surface area contributed by atoms with Crippen molar-refractivity contribution in [1.29, 1.82) is 0 Å². The maximum absolute atomic E-state index is 4.73. The Morgan fingerprint density at radius 2 is 1.74 bits per heavy atom. The first-order valence-electron chi connectivity index (χ1n) is 11.7. The number of anilines is 2. The van der Waals surface area contributed by atoms with Crippen LogP contribution in [0, 0.1) is 6.92 Å². The number of nitrogens with zero attached hydrogens (tertiary/aromatic N) is 3. The smallest absolute Gasteiger partial charge is 0.0726 e. The molecule has 1 heterocycles. The van der Waals surface area contributed by atoms with E-state index in [1.807, 2.05) is 13.1 Å². The van der Waals surface area contributed by atoms with Gasteiger partial charge in [-0.1, -0.05) is 37.5 Å². The number of aryl methyl sites for hydroxylation is 1. The molecule has 0 radical (unpaired) electrons. The first-order valence-corrected chi connectivity index (χ1v) is 11.7. The van der Waals surface area contributed by atoms with Crippen LogP contribution in [0.3, 0.4) is 0 Å². The summed E-state index contributed by atoms with van der Waals surface area (Å²) in [4.78, 5) is 7.08. The molecule has 4 rings (SSSR count). The van der Waals surface area contributed by atoms with E-state index in [1.54, 1.807) is 0 Å². The molecule has 2 aromatic carbocycles. The summed E-state index contributed by atoms with van der Waals surface area (Å²) in [6.45, 7) is 8.44. The van der Waals surface area contributed by atoms with Gasteiger partial charge in [0.15, 0.2) is 0 Å². The summed E-state index contributed by atoms with van der Waals surface area (Å²) in [5, 5.41) is 5.70. The van der Waals surface area contributed by atoms with Gasteiger partial charge in [-0.25, -0.2) is 0 Å². The van der Waals surface area contributed by atoms with Crippen molar-refractivity contribution in [2.24, 2.45) is 5.10 Å². The molecule has 1 fully saturated rings. The number of benzene rings is 2. The fraction of sp³-hybridized carbons (Fsp3) is 0.407. The summed E-state index contributed by atoms with van der Waals surface area (Å²) in [5.41, 5.74) is 10.1. The second-order valence-electron chi connectivity index (χ2n) is 8.56. The summed E-state index contributed by atoms with van der Waals surface area (Å²) in [6, 6.07) is 17.4. The minimum Gasteiger partial charge on any atom is -0.372 e. The second-order valence-corrected chi connectivity index (χ2v) is 8.56. The van der Waals surface area contributed by atoms with Crippen molar-refractivity contribution in [2.75, 3.05) is 23.4 Å². The van der Waals surface area contributed by atoms with Crippen molar-refractivity contribution in [3.63, 3.8) is 0 Å². The van der Waals surface area contributed by atoms with E-state index >= 15 is 0 Å². The third-order valence-electron chi connectivity index (χ3n) is 6.46. The van der Waals surface area contributed by atoms with Crippen molar-refractivity contribution in [3.8, 4) is 0 Å². The molecule has 4 heteroatoms. The van der Waals surface area contributed by atoms with Crippen LogP contribution < -0.4 is 10.3 Å². The van der Waals surface area contributed by atoms with Crippen LogP contribution in [0.2, 0.25) is 0 Å². The van der Waals surface area contributed by atoms with Gasteiger partial charge in [-0.15, -0.1) is 0 Å². The average Bonchev–Trinajstić information content (AvgIpc) is 2.81. The maximum atomic E-state index is 4.73. The molecule has 0 atom stereocenters. The SMILES string of the molecule is CCN(CC)c1ccc(C=NNc2cc(C)nc3ccc(C4CCCCC4)cc23)cc1. The fourth-order valence-corrected chi connectivity index (χ4v) is 4.69. The van der Waals surface area contributed by atoms with Crippen LogP contribution in [0.4, 0.5) is 11.4 Å². The van der Waals surface area contributed by atoms with Gasteiger partial charge in [0.2, 0.25) is 0 Å². The topological polar surface area (TPSA) is 40.5 Å². The number of hydrazone groups is 1. The normalized spacial score (nSPS) is 14.9. The van der Waals surface area contributed by atoms with Gasteiger partial charge >= 0.3 is 0 Å². The van der Waals surface area contributed by atoms with Crippen LogP contribution in [0.15, 0.2) is 53.6 Å². The molecule has 0 aliphatic heterocycles. The average molecular weight is 415 g/mol. The van der Waals surface area contributed by atoms with Gasteiger partial charge in [-0.2, -0.15) is 5.10 Å². The monoisotopic (exact) mass is 414 g/mol. The van der Waals surface area contributed by atoms with Gasteiger partial charge in [0.1, 0.15) is 0 Å². The van der Waals surface area contributed by atoms with E-state index in [1.165, 1.54) is 43.4 Å². The molecule has 3 aromatic rings. The molecular weight excluding hydrogens is 380 g/mol. The Hall–Kier alpha value is -2.88. The Labute approximate surface area is 186 Å². The van der Waals surface area contributed by atoms with Crippen LogP contribution in [0.25, 0.3) is 10.9 Å². The third-order valence-corrected chi connectivity index (χ3v) is 6.46. The third kappa shape index (κ3) is 5.07. The Morgan fingerprint density at radius 3 is 2.45 bits per heavy atom. The summed E-state index contributed by atoms with van der Waals surface area (Å²) in [7, 11) is 0. The number of pyridine rings is 1. The van der Waals surface area contributed by atoms with Gasteiger partial charge < -0.3 is 4.90 Å². The standard InChI is InChI=1S/C27H34N4/c1-4-31(5-2)24-14-11-21(12-15-24)19-28-30-27-17-20(3)29-26-16-13-23(18-25(26)27)22-9-7-6-8-10-22/h11-19,22H,4-10H2,1-3H3,(H,29,30). The molecule has 31 heavy (non-hydrogen) atoms. The molecule has 1 N–H and O–H groups in total. The van der Waals surface area contributed by atoms with Crippen molar-refractivity contribution < 1.29 is 0 Å². The zero-order valence-corrected chi connectivity index (χ0v) is 19.1. The number of aromatic nitrogens is 1. The molecule has 1 aliphatic carbocycles. The molecule has 162 valence electrons. The number of nitrogens with one attached hydrogen (secondary N) is 1. The Morgan fingerprint density at radius 1 is 1.00 bits per heavy atom. The largest absolute Gasteiger partial charge is 0.372 e. The molecule has 0 saturated heterocycles. The highest BCUT2D eigenvalue weighted by Gasteiger charge is 2.16. The Balaban J connectivity index is 1.54. The number of hydrogen-bond acceptors (Lipinski definition) is 4. The molecule has 1 saturated carbocycles. The van der Waals surface area contributed by atoms with E-state index in [0.717, 1.165) is 40.9 Å². The summed E-state index contributed by atoms with van der Waals surface area (Å²) in [6.07, 6.45) is 8.56. The molecule has 1 aromatic heterocycles. The van der Waals surface area contributed by atoms with Gasteiger partial charge in [0.25, 0.3) is 0 Å². The van der Waals surface area contributed by atoms with Gasteiger partial charge in [0, 0.05) is 29.9 Å². The van der Waals surface area contributed by atoms with Gasteiger partial charge in [-0.3, -0.25) is 10.4 Å². The van der Waals surface area contributed by atoms with Crippen LogP contribution in [0.5, 0.6) is 0 Å². The Bertz CT molecular complexity index is 1030. The first kappa shape index (κ1) is 21.4. The highest BCUT2D eigenvalue weighted by Crippen LogP contribution is 2.35. The van der Waals surface area contributed by atoms with Crippen LogP contribution in [-0.2, 0) is 0 Å². The first-order chi connectivity index (χ1) is 15.2. The maximum Gasteiger partial charge on any atom is 0.0726 e. The zero-order chi connectivity index (χ0) is 21.6. The van der Waals surface area contributed by atoms with Crippen LogP contribution in [-0.4, -0.2) is 24.3 Å². The molecule has 0 bridgehead atoms. The molecule has 1 aliphatic rings. The molecule has 0 spiro atoms. The predicted molar refractivity (Wildman–Crippen MR) is 134 cm³/mol. The highest BCUT2D eigenvalue weighted by molar-refractivity contribution is 5.92. The van der Waals surface area contributed by atoms with Gasteiger partial charge in [0.05, 0.1) is 17.4 Å². The molecule has 0 unspecified atom stereocenters. The van der Waals surface area contributed by atoms with E-state index in [4.69, 9.17) is 4.98 Å². The van der Waals surface area contributed by atoms with Crippen molar-refractivity contribution in [2.45, 2.75) is 58.8 Å². The molecular formula is C27H34N4. The lowest BCUT2D eigenvalue weighted by molar-refractivity contribution is 0.444. The lowest BCUT2D eigenvalue weighted by Crippen LogP contribution is -2.21. The van der Waals surface area contributed by atoms with Crippen LogP contribution >= 0.6 is 0 Å². The fourth-order valence-electron chi connectivity index (χ4n) is 4.69. The number of fused-ring (bicyclic) bond motifs is 1. The van der Waals surface area contributed by atoms with E-state index in [0.29, 0.717) is 5.92 Å². The predicted octanol–water partition coefficient (Wildman–Crippen LogP) is 6.88. The second kappa shape index (κ2) is 9.95. The summed E-state index contributed by atoms with van der Waals surface area (Å²) in [5.74, 6) is 0.681. The van der Waals surface area contributed by atoms with E-state index in [-0.39, 0.29) is 0 Å².